The molecule has 0 aliphatic rings. The van der Waals surface area contributed by atoms with Crippen LogP contribution < -0.4 is 19.5 Å². The van der Waals surface area contributed by atoms with Crippen molar-refractivity contribution < 1.29 is 28.5 Å². The number of amides is 1. The van der Waals surface area contributed by atoms with Crippen LogP contribution in [0.25, 0.3) is 0 Å². The molecule has 150 valence electrons. The second kappa shape index (κ2) is 10.3. The molecule has 0 atom stereocenters. The predicted molar refractivity (Wildman–Crippen MR) is 106 cm³/mol. The first-order valence-electron chi connectivity index (χ1n) is 7.79. The standard InChI is InChI=1S/C18H16Cl3NO6/c1-25-10-3-4-14(16(5-10)26-2)22-17(23)8-28-18(24)9-27-15-7-12(20)11(19)6-13(15)21/h3-7H,8-9H2,1-2H3,(H,22,23). The van der Waals surface area contributed by atoms with Gasteiger partial charge in [0.05, 0.1) is 35.0 Å². The van der Waals surface area contributed by atoms with Gasteiger partial charge < -0.3 is 24.3 Å². The third-order valence-corrected chi connectivity index (χ3v) is 4.38. The summed E-state index contributed by atoms with van der Waals surface area (Å²) in [7, 11) is 2.97. The molecule has 7 nitrogen and oxygen atoms in total. The number of halogens is 3. The number of esters is 1. The maximum atomic E-state index is 12.0. The Labute approximate surface area is 176 Å². The molecule has 1 N–H and O–H groups in total. The fourth-order valence-electron chi connectivity index (χ4n) is 2.03. The molecule has 1 amide bonds. The maximum absolute atomic E-state index is 12.0. The van der Waals surface area contributed by atoms with Gasteiger partial charge in [-0.25, -0.2) is 4.79 Å². The van der Waals surface area contributed by atoms with Crippen molar-refractivity contribution in [1.29, 1.82) is 0 Å². The fraction of sp³-hybridized carbons (Fsp3) is 0.222. The summed E-state index contributed by atoms with van der Waals surface area (Å²) < 4.78 is 20.4. The number of hydrogen-bond acceptors (Lipinski definition) is 6. The van der Waals surface area contributed by atoms with E-state index in [0.29, 0.717) is 17.2 Å². The van der Waals surface area contributed by atoms with Crippen LogP contribution in [0.4, 0.5) is 5.69 Å². The largest absolute Gasteiger partial charge is 0.497 e. The van der Waals surface area contributed by atoms with Gasteiger partial charge in [-0.3, -0.25) is 4.79 Å². The zero-order chi connectivity index (χ0) is 20.7. The quantitative estimate of drug-likeness (QED) is 0.481. The van der Waals surface area contributed by atoms with Crippen LogP contribution in [0.1, 0.15) is 0 Å². The molecule has 0 unspecified atom stereocenters. The Morgan fingerprint density at radius 1 is 0.893 bits per heavy atom. The molecule has 10 heteroatoms. The van der Waals surface area contributed by atoms with Crippen molar-refractivity contribution >= 4 is 52.4 Å². The Bertz CT molecular complexity index is 875. The first-order valence-corrected chi connectivity index (χ1v) is 8.92. The van der Waals surface area contributed by atoms with Gasteiger partial charge in [0, 0.05) is 12.1 Å². The lowest BCUT2D eigenvalue weighted by Gasteiger charge is -2.12. The Kier molecular flexibility index (Phi) is 8.04. The Hall–Kier alpha value is -2.35. The average molecular weight is 449 g/mol. The number of anilines is 1. The number of carbonyl (C=O) groups excluding carboxylic acids is 2. The normalized spacial score (nSPS) is 10.2. The van der Waals surface area contributed by atoms with E-state index in [1.54, 1.807) is 18.2 Å². The summed E-state index contributed by atoms with van der Waals surface area (Å²) in [6.07, 6.45) is 0. The molecule has 0 bridgehead atoms. The van der Waals surface area contributed by atoms with Gasteiger partial charge in [0.1, 0.15) is 17.2 Å². The van der Waals surface area contributed by atoms with Gasteiger partial charge >= 0.3 is 5.97 Å². The molecule has 2 aromatic rings. The maximum Gasteiger partial charge on any atom is 0.344 e. The average Bonchev–Trinajstić information content (AvgIpc) is 2.68. The van der Waals surface area contributed by atoms with E-state index in [1.165, 1.54) is 26.4 Å². The molecule has 0 saturated carbocycles. The minimum absolute atomic E-state index is 0.167. The molecular weight excluding hydrogens is 433 g/mol. The Morgan fingerprint density at radius 3 is 2.29 bits per heavy atom. The van der Waals surface area contributed by atoms with E-state index < -0.39 is 25.1 Å². The number of nitrogens with one attached hydrogen (secondary N) is 1. The highest BCUT2D eigenvalue weighted by Crippen LogP contribution is 2.33. The van der Waals surface area contributed by atoms with Crippen LogP contribution in [0.15, 0.2) is 30.3 Å². The third kappa shape index (κ3) is 6.09. The van der Waals surface area contributed by atoms with Crippen molar-refractivity contribution in [3.63, 3.8) is 0 Å². The van der Waals surface area contributed by atoms with Crippen LogP contribution in [0.3, 0.4) is 0 Å². The molecular formula is C18H16Cl3NO6. The van der Waals surface area contributed by atoms with Crippen molar-refractivity contribution in [2.75, 3.05) is 32.8 Å². The molecule has 0 fully saturated rings. The van der Waals surface area contributed by atoms with Gasteiger partial charge in [-0.05, 0) is 18.2 Å². The Balaban J connectivity index is 1.84. The van der Waals surface area contributed by atoms with E-state index >= 15 is 0 Å². The second-order valence-electron chi connectivity index (χ2n) is 5.26. The van der Waals surface area contributed by atoms with Crippen molar-refractivity contribution in [2.24, 2.45) is 0 Å². The lowest BCUT2D eigenvalue weighted by Crippen LogP contribution is -2.23. The lowest BCUT2D eigenvalue weighted by molar-refractivity contribution is -0.149. The number of hydrogen-bond donors (Lipinski definition) is 1. The summed E-state index contributed by atoms with van der Waals surface area (Å²) in [4.78, 5) is 23.8. The zero-order valence-electron chi connectivity index (χ0n) is 14.9. The first-order chi connectivity index (χ1) is 13.3. The molecule has 0 saturated heterocycles. The number of methoxy groups -OCH3 is 2. The van der Waals surface area contributed by atoms with E-state index in [0.717, 1.165) is 0 Å². The summed E-state index contributed by atoms with van der Waals surface area (Å²) in [6.45, 7) is -0.969. The molecule has 0 radical (unpaired) electrons. The van der Waals surface area contributed by atoms with E-state index in [2.05, 4.69) is 5.32 Å². The highest BCUT2D eigenvalue weighted by molar-refractivity contribution is 6.43. The van der Waals surface area contributed by atoms with Crippen molar-refractivity contribution in [3.8, 4) is 17.2 Å². The van der Waals surface area contributed by atoms with Crippen LogP contribution in [0.5, 0.6) is 17.2 Å². The van der Waals surface area contributed by atoms with Gasteiger partial charge in [0.2, 0.25) is 0 Å². The Morgan fingerprint density at radius 2 is 1.61 bits per heavy atom. The minimum Gasteiger partial charge on any atom is -0.497 e. The molecule has 0 aliphatic carbocycles. The first kappa shape index (κ1) is 21.9. The summed E-state index contributed by atoms with van der Waals surface area (Å²) >= 11 is 17.6. The highest BCUT2D eigenvalue weighted by atomic mass is 35.5. The van der Waals surface area contributed by atoms with E-state index in [1.807, 2.05) is 0 Å². The molecule has 0 spiro atoms. The topological polar surface area (TPSA) is 83.1 Å². The summed E-state index contributed by atoms with van der Waals surface area (Å²) in [6, 6.07) is 7.63. The van der Waals surface area contributed by atoms with Gasteiger partial charge in [0.25, 0.3) is 5.91 Å². The molecule has 2 aromatic carbocycles. The third-order valence-electron chi connectivity index (χ3n) is 3.37. The van der Waals surface area contributed by atoms with Gasteiger partial charge in [-0.2, -0.15) is 0 Å². The van der Waals surface area contributed by atoms with Crippen LogP contribution in [0.2, 0.25) is 15.1 Å². The van der Waals surface area contributed by atoms with Gasteiger partial charge in [-0.15, -0.1) is 0 Å². The monoisotopic (exact) mass is 447 g/mol. The fourth-order valence-corrected chi connectivity index (χ4v) is 2.62. The smallest absolute Gasteiger partial charge is 0.344 e. The molecule has 0 aliphatic heterocycles. The van der Waals surface area contributed by atoms with Crippen LogP contribution in [0, 0.1) is 0 Å². The summed E-state index contributed by atoms with van der Waals surface area (Å²) in [5.74, 6) is -0.181. The van der Waals surface area contributed by atoms with Crippen LogP contribution >= 0.6 is 34.8 Å². The minimum atomic E-state index is -0.765. The van der Waals surface area contributed by atoms with Crippen molar-refractivity contribution in [1.82, 2.24) is 0 Å². The molecule has 0 heterocycles. The van der Waals surface area contributed by atoms with Gasteiger partial charge in [-0.1, -0.05) is 34.8 Å². The molecule has 0 aromatic heterocycles. The van der Waals surface area contributed by atoms with E-state index in [9.17, 15) is 9.59 Å². The number of carbonyl (C=O) groups is 2. The van der Waals surface area contributed by atoms with E-state index in [4.69, 9.17) is 53.8 Å². The van der Waals surface area contributed by atoms with Gasteiger partial charge in [0.15, 0.2) is 13.2 Å². The SMILES string of the molecule is COc1ccc(NC(=O)COC(=O)COc2cc(Cl)c(Cl)cc2Cl)c(OC)c1. The van der Waals surface area contributed by atoms with Crippen LogP contribution in [-0.4, -0.2) is 39.3 Å². The molecule has 28 heavy (non-hydrogen) atoms. The second-order valence-corrected chi connectivity index (χ2v) is 6.48. The predicted octanol–water partition coefficient (Wildman–Crippen LogP) is 4.22. The van der Waals surface area contributed by atoms with Crippen LogP contribution in [-0.2, 0) is 14.3 Å². The van der Waals surface area contributed by atoms with E-state index in [-0.39, 0.29) is 20.8 Å². The summed E-state index contributed by atoms with van der Waals surface area (Å²) in [5.41, 5.74) is 0.406. The summed E-state index contributed by atoms with van der Waals surface area (Å²) in [5, 5.41) is 3.24. The lowest BCUT2D eigenvalue weighted by atomic mass is 10.2. The highest BCUT2D eigenvalue weighted by Gasteiger charge is 2.13. The molecule has 2 rings (SSSR count). The van der Waals surface area contributed by atoms with Crippen molar-refractivity contribution in [2.45, 2.75) is 0 Å². The van der Waals surface area contributed by atoms with Crippen molar-refractivity contribution in [3.05, 3.63) is 45.4 Å². The number of ether oxygens (including phenoxy) is 4. The number of benzene rings is 2. The number of rotatable bonds is 8. The zero-order valence-corrected chi connectivity index (χ0v) is 17.2.